The van der Waals surface area contributed by atoms with Gasteiger partial charge in [-0.25, -0.2) is 9.97 Å². The molecule has 0 amide bonds. The van der Waals surface area contributed by atoms with Crippen molar-refractivity contribution < 1.29 is 9.84 Å². The van der Waals surface area contributed by atoms with Crippen LogP contribution in [0.5, 0.6) is 11.6 Å². The molecule has 0 aliphatic rings. The van der Waals surface area contributed by atoms with Gasteiger partial charge in [0, 0.05) is 5.56 Å². The molecule has 0 spiro atoms. The highest BCUT2D eigenvalue weighted by atomic mass is 32.1. The summed E-state index contributed by atoms with van der Waals surface area (Å²) in [6.07, 6.45) is 1.50. The van der Waals surface area contributed by atoms with Crippen LogP contribution in [0, 0.1) is 6.92 Å². The third kappa shape index (κ3) is 2.18. The molecule has 19 heavy (non-hydrogen) atoms. The molecule has 0 atom stereocenters. The molecule has 0 radical (unpaired) electrons. The Kier molecular flexibility index (Phi) is 3.15. The van der Waals surface area contributed by atoms with Gasteiger partial charge in [-0.15, -0.1) is 11.3 Å². The number of para-hydroxylation sites is 1. The average molecular weight is 272 g/mol. The number of aliphatic hydroxyl groups excluding tert-OH is 1. The van der Waals surface area contributed by atoms with Gasteiger partial charge in [-0.1, -0.05) is 18.2 Å². The van der Waals surface area contributed by atoms with E-state index in [1.165, 1.54) is 6.33 Å². The first-order valence-corrected chi connectivity index (χ1v) is 6.73. The first-order valence-electron chi connectivity index (χ1n) is 5.85. The van der Waals surface area contributed by atoms with Crippen molar-refractivity contribution in [2.75, 3.05) is 0 Å². The molecule has 3 rings (SSSR count). The number of thiophene rings is 1. The Labute approximate surface area is 114 Å². The Morgan fingerprint density at radius 1 is 1.26 bits per heavy atom. The Balaban J connectivity index is 2.06. The number of hydrogen-bond donors (Lipinski definition) is 1. The fourth-order valence-corrected chi connectivity index (χ4v) is 2.79. The van der Waals surface area contributed by atoms with Crippen LogP contribution in [0.25, 0.3) is 10.2 Å². The second kappa shape index (κ2) is 4.95. The van der Waals surface area contributed by atoms with Crippen molar-refractivity contribution in [3.8, 4) is 11.6 Å². The molecule has 96 valence electrons. The molecule has 0 unspecified atom stereocenters. The van der Waals surface area contributed by atoms with Gasteiger partial charge in [0.1, 0.15) is 16.8 Å². The molecule has 0 bridgehead atoms. The second-order valence-corrected chi connectivity index (χ2v) is 5.02. The standard InChI is InChI=1S/C14H12N2O2S/c1-9-7-19-13-12(9)15-8-16-14(13)18-11-5-3-2-4-10(11)6-17/h2-5,7-8,17H,6H2,1H3. The zero-order chi connectivity index (χ0) is 13.2. The Morgan fingerprint density at radius 3 is 2.95 bits per heavy atom. The largest absolute Gasteiger partial charge is 0.437 e. The summed E-state index contributed by atoms with van der Waals surface area (Å²) >= 11 is 1.56. The number of ether oxygens (including phenoxy) is 1. The number of aliphatic hydroxyl groups is 1. The number of rotatable bonds is 3. The lowest BCUT2D eigenvalue weighted by Crippen LogP contribution is -1.94. The van der Waals surface area contributed by atoms with Gasteiger partial charge >= 0.3 is 0 Å². The van der Waals surface area contributed by atoms with Crippen LogP contribution in [0.2, 0.25) is 0 Å². The lowest BCUT2D eigenvalue weighted by Gasteiger charge is -2.08. The predicted molar refractivity (Wildman–Crippen MR) is 74.6 cm³/mol. The minimum atomic E-state index is -0.0616. The van der Waals surface area contributed by atoms with Crippen molar-refractivity contribution in [3.05, 3.63) is 47.1 Å². The molecule has 2 aromatic heterocycles. The molecule has 1 aromatic carbocycles. The lowest BCUT2D eigenvalue weighted by atomic mass is 10.2. The number of nitrogens with zero attached hydrogens (tertiary/aromatic N) is 2. The summed E-state index contributed by atoms with van der Waals surface area (Å²) in [5.74, 6) is 1.15. The van der Waals surface area contributed by atoms with Crippen molar-refractivity contribution >= 4 is 21.6 Å². The number of aromatic nitrogens is 2. The van der Waals surface area contributed by atoms with Gasteiger partial charge < -0.3 is 9.84 Å². The maximum Gasteiger partial charge on any atom is 0.240 e. The number of fused-ring (bicyclic) bond motifs is 1. The van der Waals surface area contributed by atoms with Crippen molar-refractivity contribution in [3.63, 3.8) is 0 Å². The van der Waals surface area contributed by atoms with Gasteiger partial charge in [0.15, 0.2) is 0 Å². The van der Waals surface area contributed by atoms with Gasteiger partial charge in [-0.2, -0.15) is 0 Å². The van der Waals surface area contributed by atoms with Crippen molar-refractivity contribution in [1.29, 1.82) is 0 Å². The summed E-state index contributed by atoms with van der Waals surface area (Å²) in [7, 11) is 0. The molecule has 0 fully saturated rings. The summed E-state index contributed by atoms with van der Waals surface area (Å²) < 4.78 is 6.75. The van der Waals surface area contributed by atoms with Crippen molar-refractivity contribution in [1.82, 2.24) is 9.97 Å². The van der Waals surface area contributed by atoms with E-state index in [4.69, 9.17) is 4.74 Å². The normalized spacial score (nSPS) is 10.8. The molecule has 2 heterocycles. The molecular formula is C14H12N2O2S. The Morgan fingerprint density at radius 2 is 2.11 bits per heavy atom. The summed E-state index contributed by atoms with van der Waals surface area (Å²) in [6.45, 7) is 1.95. The Bertz CT molecular complexity index is 724. The van der Waals surface area contributed by atoms with E-state index in [1.54, 1.807) is 11.3 Å². The summed E-state index contributed by atoms with van der Waals surface area (Å²) in [5.41, 5.74) is 2.77. The summed E-state index contributed by atoms with van der Waals surface area (Å²) in [6, 6.07) is 7.38. The molecule has 3 aromatic rings. The minimum absolute atomic E-state index is 0.0616. The third-order valence-electron chi connectivity index (χ3n) is 2.85. The summed E-state index contributed by atoms with van der Waals surface area (Å²) in [4.78, 5) is 8.44. The molecule has 0 saturated heterocycles. The highest BCUT2D eigenvalue weighted by Crippen LogP contribution is 2.33. The molecule has 0 aliphatic heterocycles. The number of benzene rings is 1. The van der Waals surface area contributed by atoms with E-state index in [0.717, 1.165) is 21.3 Å². The maximum absolute atomic E-state index is 9.30. The fraction of sp³-hybridized carbons (Fsp3) is 0.143. The van der Waals surface area contributed by atoms with Crippen LogP contribution in [0.1, 0.15) is 11.1 Å². The van der Waals surface area contributed by atoms with E-state index in [-0.39, 0.29) is 6.61 Å². The predicted octanol–water partition coefficient (Wildman–Crippen LogP) is 3.28. The highest BCUT2D eigenvalue weighted by molar-refractivity contribution is 7.17. The molecular weight excluding hydrogens is 260 g/mol. The van der Waals surface area contributed by atoms with Crippen LogP contribution in [0.3, 0.4) is 0 Å². The van der Waals surface area contributed by atoms with Gasteiger partial charge in [-0.05, 0) is 23.9 Å². The highest BCUT2D eigenvalue weighted by Gasteiger charge is 2.11. The quantitative estimate of drug-likeness (QED) is 0.795. The molecule has 5 heteroatoms. The van der Waals surface area contributed by atoms with Crippen molar-refractivity contribution in [2.45, 2.75) is 13.5 Å². The van der Waals surface area contributed by atoms with E-state index < -0.39 is 0 Å². The molecule has 1 N–H and O–H groups in total. The summed E-state index contributed by atoms with van der Waals surface area (Å²) in [5, 5.41) is 11.3. The second-order valence-electron chi connectivity index (χ2n) is 4.14. The van der Waals surface area contributed by atoms with Crippen LogP contribution >= 0.6 is 11.3 Å². The molecule has 4 nitrogen and oxygen atoms in total. The zero-order valence-electron chi connectivity index (χ0n) is 10.3. The smallest absolute Gasteiger partial charge is 0.240 e. The van der Waals surface area contributed by atoms with E-state index in [9.17, 15) is 5.11 Å². The lowest BCUT2D eigenvalue weighted by molar-refractivity contribution is 0.276. The van der Waals surface area contributed by atoms with Crippen molar-refractivity contribution in [2.24, 2.45) is 0 Å². The van der Waals surface area contributed by atoms with Crippen LogP contribution < -0.4 is 4.74 Å². The van der Waals surface area contributed by atoms with E-state index in [1.807, 2.05) is 36.6 Å². The molecule has 0 aliphatic carbocycles. The SMILES string of the molecule is Cc1csc2c(Oc3ccccc3CO)ncnc12. The first-order chi connectivity index (χ1) is 9.29. The molecule has 0 saturated carbocycles. The third-order valence-corrected chi connectivity index (χ3v) is 3.92. The zero-order valence-corrected chi connectivity index (χ0v) is 11.1. The van der Waals surface area contributed by atoms with E-state index in [2.05, 4.69) is 9.97 Å². The average Bonchev–Trinajstić information content (AvgIpc) is 2.82. The van der Waals surface area contributed by atoms with Crippen LogP contribution in [0.4, 0.5) is 0 Å². The van der Waals surface area contributed by atoms with Gasteiger partial charge in [0.25, 0.3) is 0 Å². The van der Waals surface area contributed by atoms with Crippen LogP contribution in [-0.4, -0.2) is 15.1 Å². The maximum atomic E-state index is 9.30. The van der Waals surface area contributed by atoms with Gasteiger partial charge in [0.05, 0.1) is 12.1 Å². The van der Waals surface area contributed by atoms with Crippen LogP contribution in [-0.2, 0) is 6.61 Å². The first kappa shape index (κ1) is 12.1. The van der Waals surface area contributed by atoms with Crippen LogP contribution in [0.15, 0.2) is 36.0 Å². The van der Waals surface area contributed by atoms with E-state index >= 15 is 0 Å². The number of aryl methyl sites for hydroxylation is 1. The Hall–Kier alpha value is -1.98. The topological polar surface area (TPSA) is 55.2 Å². The van der Waals surface area contributed by atoms with Gasteiger partial charge in [-0.3, -0.25) is 0 Å². The van der Waals surface area contributed by atoms with E-state index in [0.29, 0.717) is 11.6 Å². The minimum Gasteiger partial charge on any atom is -0.437 e. The van der Waals surface area contributed by atoms with Gasteiger partial charge in [0.2, 0.25) is 5.88 Å². The monoisotopic (exact) mass is 272 g/mol. The number of hydrogen-bond acceptors (Lipinski definition) is 5. The fourth-order valence-electron chi connectivity index (χ4n) is 1.86.